The van der Waals surface area contributed by atoms with Crippen LogP contribution in [0.25, 0.3) is 0 Å². The van der Waals surface area contributed by atoms with Crippen molar-refractivity contribution in [3.05, 3.63) is 34.1 Å². The van der Waals surface area contributed by atoms with E-state index >= 15 is 0 Å². The summed E-state index contributed by atoms with van der Waals surface area (Å²) in [6.07, 6.45) is 1.90. The highest BCUT2D eigenvalue weighted by Crippen LogP contribution is 2.16. The van der Waals surface area contributed by atoms with E-state index in [2.05, 4.69) is 40.2 Å². The van der Waals surface area contributed by atoms with Gasteiger partial charge in [0, 0.05) is 10.5 Å². The molecular weight excluding hydrogens is 283 g/mol. The highest BCUT2D eigenvalue weighted by molar-refractivity contribution is 9.10. The van der Waals surface area contributed by atoms with Crippen LogP contribution in [0.4, 0.5) is 4.39 Å². The lowest BCUT2D eigenvalue weighted by molar-refractivity contribution is 0.364. The molecule has 0 bridgehead atoms. The van der Waals surface area contributed by atoms with Crippen LogP contribution >= 0.6 is 15.9 Å². The van der Waals surface area contributed by atoms with Crippen LogP contribution in [0.5, 0.6) is 0 Å². The van der Waals surface area contributed by atoms with Gasteiger partial charge in [0.15, 0.2) is 0 Å². The van der Waals surface area contributed by atoms with Crippen molar-refractivity contribution in [3.8, 4) is 0 Å². The summed E-state index contributed by atoms with van der Waals surface area (Å²) < 4.78 is 14.0. The minimum absolute atomic E-state index is 0.183. The Bertz CT molecular complexity index is 335. The zero-order valence-corrected chi connectivity index (χ0v) is 12.2. The SMILES string of the molecule is CNC(CCN(C)C)Cc1cc(F)cc(Br)c1. The summed E-state index contributed by atoms with van der Waals surface area (Å²) in [4.78, 5) is 2.16. The fraction of sp³-hybridized carbons (Fsp3) is 0.538. The van der Waals surface area contributed by atoms with Gasteiger partial charge in [-0.3, -0.25) is 0 Å². The lowest BCUT2D eigenvalue weighted by atomic mass is 10.0. The van der Waals surface area contributed by atoms with Crippen molar-refractivity contribution in [1.82, 2.24) is 10.2 Å². The molecule has 0 heterocycles. The normalized spacial score (nSPS) is 13.1. The van der Waals surface area contributed by atoms with E-state index in [1.165, 1.54) is 6.07 Å². The lowest BCUT2D eigenvalue weighted by Gasteiger charge is -2.19. The molecule has 1 N–H and O–H groups in total. The molecule has 0 saturated heterocycles. The van der Waals surface area contributed by atoms with Gasteiger partial charge >= 0.3 is 0 Å². The maximum Gasteiger partial charge on any atom is 0.124 e. The van der Waals surface area contributed by atoms with Crippen molar-refractivity contribution in [2.45, 2.75) is 18.9 Å². The van der Waals surface area contributed by atoms with Crippen molar-refractivity contribution >= 4 is 15.9 Å². The van der Waals surface area contributed by atoms with Crippen LogP contribution in [-0.2, 0) is 6.42 Å². The molecule has 0 aromatic heterocycles. The molecule has 0 aliphatic carbocycles. The summed E-state index contributed by atoms with van der Waals surface area (Å²) in [5.74, 6) is -0.183. The second-order valence-corrected chi connectivity index (χ2v) is 5.48. The van der Waals surface area contributed by atoms with Crippen LogP contribution in [-0.4, -0.2) is 38.6 Å². The van der Waals surface area contributed by atoms with Crippen molar-refractivity contribution in [3.63, 3.8) is 0 Å². The van der Waals surface area contributed by atoms with Crippen molar-refractivity contribution in [1.29, 1.82) is 0 Å². The first-order chi connectivity index (χ1) is 8.01. The fourth-order valence-corrected chi connectivity index (χ4v) is 2.29. The van der Waals surface area contributed by atoms with Gasteiger partial charge in [0.05, 0.1) is 0 Å². The number of benzene rings is 1. The van der Waals surface area contributed by atoms with Gasteiger partial charge in [-0.15, -0.1) is 0 Å². The van der Waals surface area contributed by atoms with E-state index in [0.717, 1.165) is 29.4 Å². The number of nitrogens with one attached hydrogen (secondary N) is 1. The highest BCUT2D eigenvalue weighted by Gasteiger charge is 2.09. The molecule has 1 rings (SSSR count). The largest absolute Gasteiger partial charge is 0.317 e. The zero-order valence-electron chi connectivity index (χ0n) is 10.6. The van der Waals surface area contributed by atoms with Gasteiger partial charge in [-0.05, 0) is 64.3 Å². The average Bonchev–Trinajstić information content (AvgIpc) is 2.22. The first-order valence-electron chi connectivity index (χ1n) is 5.78. The predicted molar refractivity (Wildman–Crippen MR) is 73.8 cm³/mol. The molecule has 0 amide bonds. The van der Waals surface area contributed by atoms with Crippen LogP contribution in [0.1, 0.15) is 12.0 Å². The summed E-state index contributed by atoms with van der Waals surface area (Å²) in [7, 11) is 6.08. The highest BCUT2D eigenvalue weighted by atomic mass is 79.9. The first kappa shape index (κ1) is 14.6. The van der Waals surface area contributed by atoms with Crippen LogP contribution in [0, 0.1) is 5.82 Å². The average molecular weight is 303 g/mol. The standard InChI is InChI=1S/C13H20BrFN2/c1-16-13(4-5-17(2)3)8-10-6-11(14)9-12(15)7-10/h6-7,9,13,16H,4-5,8H2,1-3H3. The summed E-state index contributed by atoms with van der Waals surface area (Å²) in [5, 5.41) is 3.28. The maximum absolute atomic E-state index is 13.2. The molecule has 17 heavy (non-hydrogen) atoms. The summed E-state index contributed by atoms with van der Waals surface area (Å²) in [5.41, 5.74) is 1.02. The third kappa shape index (κ3) is 5.61. The number of hydrogen-bond acceptors (Lipinski definition) is 2. The van der Waals surface area contributed by atoms with E-state index in [0.29, 0.717) is 6.04 Å². The Kier molecular flexibility index (Phi) is 6.09. The summed E-state index contributed by atoms with van der Waals surface area (Å²) in [6, 6.07) is 5.44. The van der Waals surface area contributed by atoms with E-state index in [4.69, 9.17) is 0 Å². The molecule has 4 heteroatoms. The van der Waals surface area contributed by atoms with Crippen molar-refractivity contribution < 1.29 is 4.39 Å². The number of likely N-dealkylation sites (N-methyl/N-ethyl adjacent to an activating group) is 1. The van der Waals surface area contributed by atoms with Crippen molar-refractivity contribution in [2.75, 3.05) is 27.7 Å². The number of rotatable bonds is 6. The monoisotopic (exact) mass is 302 g/mol. The molecule has 0 aliphatic rings. The third-order valence-corrected chi connectivity index (χ3v) is 3.20. The maximum atomic E-state index is 13.2. The topological polar surface area (TPSA) is 15.3 Å². The fourth-order valence-electron chi connectivity index (χ4n) is 1.78. The second-order valence-electron chi connectivity index (χ2n) is 4.56. The molecule has 1 atom stereocenters. The van der Waals surface area contributed by atoms with Gasteiger partial charge in [0.2, 0.25) is 0 Å². The summed E-state index contributed by atoms with van der Waals surface area (Å²) >= 11 is 3.32. The van der Waals surface area contributed by atoms with E-state index in [9.17, 15) is 4.39 Å². The molecule has 96 valence electrons. The lowest BCUT2D eigenvalue weighted by Crippen LogP contribution is -2.31. The quantitative estimate of drug-likeness (QED) is 0.869. The molecule has 1 unspecified atom stereocenters. The van der Waals surface area contributed by atoms with Gasteiger partial charge < -0.3 is 10.2 Å². The molecule has 0 fully saturated rings. The predicted octanol–water partition coefficient (Wildman–Crippen LogP) is 2.67. The third-order valence-electron chi connectivity index (χ3n) is 2.74. The van der Waals surface area contributed by atoms with Gasteiger partial charge in [0.25, 0.3) is 0 Å². The molecule has 1 aromatic carbocycles. The molecular formula is C13H20BrFN2. The van der Waals surface area contributed by atoms with Crippen molar-refractivity contribution in [2.24, 2.45) is 0 Å². The Labute approximate surface area is 111 Å². The minimum Gasteiger partial charge on any atom is -0.317 e. The molecule has 0 aliphatic heterocycles. The first-order valence-corrected chi connectivity index (χ1v) is 6.57. The Morgan fingerprint density at radius 1 is 1.35 bits per heavy atom. The smallest absolute Gasteiger partial charge is 0.124 e. The van der Waals surface area contributed by atoms with Gasteiger partial charge in [0.1, 0.15) is 5.82 Å². The van der Waals surface area contributed by atoms with Crippen LogP contribution in [0.2, 0.25) is 0 Å². The zero-order chi connectivity index (χ0) is 12.8. The minimum atomic E-state index is -0.183. The molecule has 0 saturated carbocycles. The van der Waals surface area contributed by atoms with Crippen LogP contribution < -0.4 is 5.32 Å². The van der Waals surface area contributed by atoms with Gasteiger partial charge in [-0.25, -0.2) is 4.39 Å². The Morgan fingerprint density at radius 2 is 2.06 bits per heavy atom. The second kappa shape index (κ2) is 7.09. The van der Waals surface area contributed by atoms with E-state index < -0.39 is 0 Å². The molecule has 2 nitrogen and oxygen atoms in total. The summed E-state index contributed by atoms with van der Waals surface area (Å²) in [6.45, 7) is 1.03. The van der Waals surface area contributed by atoms with E-state index in [-0.39, 0.29) is 5.82 Å². The number of hydrogen-bond donors (Lipinski definition) is 1. The van der Waals surface area contributed by atoms with Crippen LogP contribution in [0.15, 0.2) is 22.7 Å². The number of nitrogens with zero attached hydrogens (tertiary/aromatic N) is 1. The van der Waals surface area contributed by atoms with Gasteiger partial charge in [-0.1, -0.05) is 15.9 Å². The Morgan fingerprint density at radius 3 is 2.59 bits per heavy atom. The van der Waals surface area contributed by atoms with E-state index in [1.807, 2.05) is 13.1 Å². The Balaban J connectivity index is 2.60. The van der Waals surface area contributed by atoms with Crippen LogP contribution in [0.3, 0.4) is 0 Å². The number of halogens is 2. The van der Waals surface area contributed by atoms with Gasteiger partial charge in [-0.2, -0.15) is 0 Å². The molecule has 0 spiro atoms. The molecule has 0 radical (unpaired) electrons. The van der Waals surface area contributed by atoms with E-state index in [1.54, 1.807) is 6.07 Å². The Hall–Kier alpha value is -0.450. The molecule has 1 aromatic rings.